The highest BCUT2D eigenvalue weighted by molar-refractivity contribution is 6.35. The number of nitrogens with zero attached hydrogens (tertiary/aromatic N) is 5. The molecular formula is C22H17Cl2N5O. The lowest BCUT2D eigenvalue weighted by Crippen LogP contribution is -2.23. The first kappa shape index (κ1) is 19.0. The van der Waals surface area contributed by atoms with Crippen molar-refractivity contribution in [1.29, 1.82) is 0 Å². The number of benzene rings is 2. The van der Waals surface area contributed by atoms with E-state index in [9.17, 15) is 4.79 Å². The van der Waals surface area contributed by atoms with E-state index in [-0.39, 0.29) is 5.56 Å². The summed E-state index contributed by atoms with van der Waals surface area (Å²) in [4.78, 5) is 27.6. The summed E-state index contributed by atoms with van der Waals surface area (Å²) in [5.74, 6) is 0.300. The molecule has 0 atom stereocenters. The number of rotatable bonds is 3. The molecule has 5 aromatic rings. The van der Waals surface area contributed by atoms with Crippen molar-refractivity contribution in [2.75, 3.05) is 0 Å². The molecule has 0 spiro atoms. The number of hydrogen-bond acceptors (Lipinski definition) is 4. The molecule has 3 heterocycles. The fourth-order valence-electron chi connectivity index (χ4n) is 3.71. The summed E-state index contributed by atoms with van der Waals surface area (Å²) in [7, 11) is 0. The summed E-state index contributed by atoms with van der Waals surface area (Å²) in [6.45, 7) is 4.68. The van der Waals surface area contributed by atoms with Gasteiger partial charge in [0.15, 0.2) is 11.3 Å². The molecule has 0 N–H and O–H groups in total. The van der Waals surface area contributed by atoms with Crippen molar-refractivity contribution in [2.45, 2.75) is 20.4 Å². The third-order valence-electron chi connectivity index (χ3n) is 4.90. The van der Waals surface area contributed by atoms with E-state index in [1.807, 2.05) is 24.3 Å². The van der Waals surface area contributed by atoms with E-state index in [0.717, 1.165) is 5.52 Å². The Morgan fingerprint density at radius 1 is 0.967 bits per heavy atom. The average Bonchev–Trinajstić information content (AvgIpc) is 3.01. The Kier molecular flexibility index (Phi) is 4.49. The number of para-hydroxylation sites is 2. The topological polar surface area (TPSA) is 65.6 Å². The number of hydrogen-bond donors (Lipinski definition) is 0. The SMILES string of the molecule is CC(C)Cn1cnc2c(c1=O)c1nc3ccccc3nc1n2-c1cc(Cl)cc(Cl)c1. The van der Waals surface area contributed by atoms with E-state index < -0.39 is 0 Å². The van der Waals surface area contributed by atoms with Crippen LogP contribution in [0.25, 0.3) is 38.9 Å². The summed E-state index contributed by atoms with van der Waals surface area (Å²) in [5.41, 5.74) is 3.49. The van der Waals surface area contributed by atoms with Crippen LogP contribution in [0.1, 0.15) is 13.8 Å². The van der Waals surface area contributed by atoms with Crippen LogP contribution in [0, 0.1) is 5.92 Å². The summed E-state index contributed by atoms with van der Waals surface area (Å²) >= 11 is 12.5. The lowest BCUT2D eigenvalue weighted by Gasteiger charge is -2.09. The maximum absolute atomic E-state index is 13.4. The van der Waals surface area contributed by atoms with Gasteiger partial charge in [-0.1, -0.05) is 49.2 Å². The Morgan fingerprint density at radius 2 is 1.63 bits per heavy atom. The third kappa shape index (κ3) is 3.04. The summed E-state index contributed by atoms with van der Waals surface area (Å²) < 4.78 is 3.42. The fourth-order valence-corrected chi connectivity index (χ4v) is 4.22. The second kappa shape index (κ2) is 7.07. The van der Waals surface area contributed by atoms with Gasteiger partial charge in [-0.2, -0.15) is 0 Å². The van der Waals surface area contributed by atoms with E-state index >= 15 is 0 Å². The molecule has 0 saturated heterocycles. The molecule has 0 bridgehead atoms. The second-order valence-corrected chi connectivity index (χ2v) is 8.52. The van der Waals surface area contributed by atoms with Gasteiger partial charge in [0.25, 0.3) is 5.56 Å². The molecule has 2 aromatic carbocycles. The maximum Gasteiger partial charge on any atom is 0.265 e. The first-order valence-electron chi connectivity index (χ1n) is 9.55. The quantitative estimate of drug-likeness (QED) is 0.386. The first-order chi connectivity index (χ1) is 14.4. The maximum atomic E-state index is 13.4. The smallest absolute Gasteiger partial charge is 0.265 e. The number of halogens is 2. The van der Waals surface area contributed by atoms with E-state index in [1.165, 1.54) is 0 Å². The van der Waals surface area contributed by atoms with Crippen LogP contribution in [-0.2, 0) is 6.54 Å². The zero-order chi connectivity index (χ0) is 21.0. The highest BCUT2D eigenvalue weighted by Crippen LogP contribution is 2.30. The zero-order valence-corrected chi connectivity index (χ0v) is 17.8. The molecule has 0 aliphatic rings. The predicted octanol–water partition coefficient (Wildman–Crippen LogP) is 5.25. The molecule has 0 saturated carbocycles. The van der Waals surface area contributed by atoms with E-state index in [2.05, 4.69) is 18.8 Å². The minimum atomic E-state index is -0.143. The van der Waals surface area contributed by atoms with Gasteiger partial charge in [-0.15, -0.1) is 0 Å². The molecule has 0 radical (unpaired) electrons. The van der Waals surface area contributed by atoms with Gasteiger partial charge in [-0.3, -0.25) is 13.9 Å². The molecule has 150 valence electrons. The summed E-state index contributed by atoms with van der Waals surface area (Å²) in [6.07, 6.45) is 1.58. The van der Waals surface area contributed by atoms with Crippen LogP contribution in [0.2, 0.25) is 10.0 Å². The van der Waals surface area contributed by atoms with Gasteiger partial charge in [0.1, 0.15) is 10.9 Å². The van der Waals surface area contributed by atoms with Gasteiger partial charge < -0.3 is 0 Å². The van der Waals surface area contributed by atoms with Crippen LogP contribution in [0.4, 0.5) is 0 Å². The van der Waals surface area contributed by atoms with E-state index in [4.69, 9.17) is 33.2 Å². The molecule has 0 aliphatic carbocycles. The van der Waals surface area contributed by atoms with Crippen molar-refractivity contribution in [3.05, 3.63) is 69.2 Å². The van der Waals surface area contributed by atoms with Crippen molar-refractivity contribution >= 4 is 56.4 Å². The number of fused-ring (bicyclic) bond motifs is 4. The van der Waals surface area contributed by atoms with Gasteiger partial charge >= 0.3 is 0 Å². The molecule has 5 rings (SSSR count). The van der Waals surface area contributed by atoms with Crippen molar-refractivity contribution in [3.8, 4) is 5.69 Å². The number of aromatic nitrogens is 5. The normalized spacial score (nSPS) is 11.9. The Bertz CT molecular complexity index is 1480. The lowest BCUT2D eigenvalue weighted by atomic mass is 10.2. The minimum absolute atomic E-state index is 0.143. The molecule has 8 heteroatoms. The predicted molar refractivity (Wildman–Crippen MR) is 121 cm³/mol. The summed E-state index contributed by atoms with van der Waals surface area (Å²) in [6, 6.07) is 12.8. The molecule has 0 fully saturated rings. The highest BCUT2D eigenvalue weighted by Gasteiger charge is 2.21. The van der Waals surface area contributed by atoms with E-state index in [1.54, 1.807) is 33.7 Å². The molecular weight excluding hydrogens is 421 g/mol. The van der Waals surface area contributed by atoms with Crippen LogP contribution in [-0.4, -0.2) is 24.1 Å². The van der Waals surface area contributed by atoms with Gasteiger partial charge in [-0.05, 0) is 36.2 Å². The van der Waals surface area contributed by atoms with Crippen LogP contribution in [0.3, 0.4) is 0 Å². The van der Waals surface area contributed by atoms with E-state index in [0.29, 0.717) is 55.9 Å². The highest BCUT2D eigenvalue weighted by atomic mass is 35.5. The Morgan fingerprint density at radius 3 is 2.30 bits per heavy atom. The Hall–Kier alpha value is -2.96. The monoisotopic (exact) mass is 437 g/mol. The second-order valence-electron chi connectivity index (χ2n) is 7.64. The molecule has 3 aromatic heterocycles. The Balaban J connectivity index is 1.97. The van der Waals surface area contributed by atoms with Crippen molar-refractivity contribution in [3.63, 3.8) is 0 Å². The van der Waals surface area contributed by atoms with Crippen LogP contribution < -0.4 is 5.56 Å². The Labute approximate surface area is 181 Å². The van der Waals surface area contributed by atoms with Crippen LogP contribution >= 0.6 is 23.2 Å². The lowest BCUT2D eigenvalue weighted by molar-refractivity contribution is 0.508. The van der Waals surface area contributed by atoms with Gasteiger partial charge in [-0.25, -0.2) is 15.0 Å². The van der Waals surface area contributed by atoms with Crippen LogP contribution in [0.15, 0.2) is 53.6 Å². The van der Waals surface area contributed by atoms with Gasteiger partial charge in [0.2, 0.25) is 0 Å². The van der Waals surface area contributed by atoms with Crippen molar-refractivity contribution < 1.29 is 0 Å². The molecule has 0 amide bonds. The summed E-state index contributed by atoms with van der Waals surface area (Å²) in [5, 5.41) is 1.39. The van der Waals surface area contributed by atoms with Gasteiger partial charge in [0.05, 0.1) is 23.0 Å². The van der Waals surface area contributed by atoms with Crippen molar-refractivity contribution in [1.82, 2.24) is 24.1 Å². The molecule has 6 nitrogen and oxygen atoms in total. The molecule has 30 heavy (non-hydrogen) atoms. The zero-order valence-electron chi connectivity index (χ0n) is 16.3. The average molecular weight is 438 g/mol. The molecule has 0 aliphatic heterocycles. The van der Waals surface area contributed by atoms with Gasteiger partial charge in [0, 0.05) is 16.6 Å². The third-order valence-corrected chi connectivity index (χ3v) is 5.33. The minimum Gasteiger partial charge on any atom is -0.298 e. The standard InChI is InChI=1S/C22H17Cl2N5O/c1-12(2)10-28-11-25-20-18(22(28)30)19-21(27-17-6-4-3-5-16(17)26-19)29(20)15-8-13(23)7-14(24)9-15/h3-9,11-12H,10H2,1-2H3. The van der Waals surface area contributed by atoms with Crippen LogP contribution in [0.5, 0.6) is 0 Å². The fraction of sp³-hybridized carbons (Fsp3) is 0.182. The molecule has 0 unspecified atom stereocenters. The van der Waals surface area contributed by atoms with Crippen molar-refractivity contribution in [2.24, 2.45) is 5.92 Å². The largest absolute Gasteiger partial charge is 0.298 e. The first-order valence-corrected chi connectivity index (χ1v) is 10.3.